The summed E-state index contributed by atoms with van der Waals surface area (Å²) in [5.41, 5.74) is 4.86. The number of nitrogens with one attached hydrogen (secondary N) is 2. The minimum atomic E-state index is -0.0796. The van der Waals surface area contributed by atoms with Gasteiger partial charge in [-0.25, -0.2) is 4.98 Å². The van der Waals surface area contributed by atoms with Crippen LogP contribution in [0.25, 0.3) is 11.5 Å². The average molecular weight is 321 g/mol. The molecule has 0 atom stereocenters. The molecular formula is C19H19N3O2. The molecule has 0 spiro atoms. The molecule has 5 nitrogen and oxygen atoms in total. The van der Waals surface area contributed by atoms with Gasteiger partial charge in [0.2, 0.25) is 5.89 Å². The molecule has 0 aliphatic heterocycles. The van der Waals surface area contributed by atoms with E-state index in [0.29, 0.717) is 18.0 Å². The van der Waals surface area contributed by atoms with Crippen molar-refractivity contribution in [3.8, 4) is 11.5 Å². The lowest BCUT2D eigenvalue weighted by atomic mass is 10.1. The molecule has 1 aromatic heterocycles. The van der Waals surface area contributed by atoms with Gasteiger partial charge in [0.05, 0.1) is 6.20 Å². The third-order valence-corrected chi connectivity index (χ3v) is 3.84. The number of anilines is 1. The molecule has 3 rings (SSSR count). The molecule has 0 unspecified atom stereocenters. The fourth-order valence-electron chi connectivity index (χ4n) is 2.43. The van der Waals surface area contributed by atoms with Crippen LogP contribution in [0.15, 0.2) is 59.3 Å². The Morgan fingerprint density at radius 3 is 2.62 bits per heavy atom. The standard InChI is InChI=1S/C19H19N3O2/c1-13-3-6-16(19-21-9-10-24-19)11-17(13)22-12-14-4-7-15(8-5-14)18(23)20-2/h3-11,22H,12H2,1-2H3,(H,20,23). The molecule has 24 heavy (non-hydrogen) atoms. The second kappa shape index (κ2) is 7.00. The zero-order chi connectivity index (χ0) is 16.9. The Morgan fingerprint density at radius 1 is 1.17 bits per heavy atom. The first-order valence-electron chi connectivity index (χ1n) is 7.73. The van der Waals surface area contributed by atoms with E-state index < -0.39 is 0 Å². The highest BCUT2D eigenvalue weighted by atomic mass is 16.3. The van der Waals surface area contributed by atoms with Crippen molar-refractivity contribution in [2.24, 2.45) is 0 Å². The molecule has 0 aliphatic carbocycles. The highest BCUT2D eigenvalue weighted by Crippen LogP contribution is 2.24. The van der Waals surface area contributed by atoms with E-state index in [-0.39, 0.29) is 5.91 Å². The van der Waals surface area contributed by atoms with Crippen LogP contribution in [-0.4, -0.2) is 17.9 Å². The third kappa shape index (κ3) is 3.46. The van der Waals surface area contributed by atoms with E-state index in [0.717, 1.165) is 22.4 Å². The average Bonchev–Trinajstić information content (AvgIpc) is 3.15. The van der Waals surface area contributed by atoms with Gasteiger partial charge in [0.1, 0.15) is 6.26 Å². The number of carbonyl (C=O) groups excluding carboxylic acids is 1. The highest BCUT2D eigenvalue weighted by Gasteiger charge is 2.06. The number of aromatic nitrogens is 1. The quantitative estimate of drug-likeness (QED) is 0.753. The number of aryl methyl sites for hydroxylation is 1. The Morgan fingerprint density at radius 2 is 1.96 bits per heavy atom. The summed E-state index contributed by atoms with van der Waals surface area (Å²) < 4.78 is 5.35. The summed E-state index contributed by atoms with van der Waals surface area (Å²) in [4.78, 5) is 15.7. The van der Waals surface area contributed by atoms with Gasteiger partial charge in [0.25, 0.3) is 5.91 Å². The molecule has 5 heteroatoms. The molecule has 122 valence electrons. The summed E-state index contributed by atoms with van der Waals surface area (Å²) in [6.07, 6.45) is 3.20. The lowest BCUT2D eigenvalue weighted by Gasteiger charge is -2.11. The van der Waals surface area contributed by atoms with Crippen LogP contribution in [-0.2, 0) is 6.54 Å². The molecule has 0 saturated carbocycles. The van der Waals surface area contributed by atoms with Crippen LogP contribution in [0.5, 0.6) is 0 Å². The maximum Gasteiger partial charge on any atom is 0.251 e. The van der Waals surface area contributed by atoms with Gasteiger partial charge in [-0.05, 0) is 42.3 Å². The Balaban J connectivity index is 1.72. The van der Waals surface area contributed by atoms with Crippen molar-refractivity contribution in [1.82, 2.24) is 10.3 Å². The zero-order valence-corrected chi connectivity index (χ0v) is 13.7. The van der Waals surface area contributed by atoms with Crippen molar-refractivity contribution in [3.63, 3.8) is 0 Å². The summed E-state index contributed by atoms with van der Waals surface area (Å²) in [6, 6.07) is 13.6. The van der Waals surface area contributed by atoms with Crippen LogP contribution in [0.4, 0.5) is 5.69 Å². The predicted octanol–water partition coefficient (Wildman–Crippen LogP) is 3.62. The van der Waals surface area contributed by atoms with Crippen molar-refractivity contribution >= 4 is 11.6 Å². The van der Waals surface area contributed by atoms with E-state index >= 15 is 0 Å². The smallest absolute Gasteiger partial charge is 0.251 e. The first kappa shape index (κ1) is 15.8. The summed E-state index contributed by atoms with van der Waals surface area (Å²) in [5.74, 6) is 0.525. The summed E-state index contributed by atoms with van der Waals surface area (Å²) in [6.45, 7) is 2.72. The van der Waals surface area contributed by atoms with Crippen molar-refractivity contribution in [1.29, 1.82) is 0 Å². The first-order valence-corrected chi connectivity index (χ1v) is 7.73. The largest absolute Gasteiger partial charge is 0.445 e. The SMILES string of the molecule is CNC(=O)c1ccc(CNc2cc(-c3ncco3)ccc2C)cc1. The van der Waals surface area contributed by atoms with Crippen molar-refractivity contribution in [3.05, 3.63) is 71.6 Å². The van der Waals surface area contributed by atoms with Crippen LogP contribution in [0.1, 0.15) is 21.5 Å². The molecule has 1 heterocycles. The molecule has 1 amide bonds. The summed E-state index contributed by atoms with van der Waals surface area (Å²) >= 11 is 0. The third-order valence-electron chi connectivity index (χ3n) is 3.84. The molecule has 0 saturated heterocycles. The number of oxazole rings is 1. The van der Waals surface area contributed by atoms with Gasteiger partial charge in [-0.15, -0.1) is 0 Å². The van der Waals surface area contributed by atoms with Crippen LogP contribution >= 0.6 is 0 Å². The van der Waals surface area contributed by atoms with Gasteiger partial charge in [-0.3, -0.25) is 4.79 Å². The van der Waals surface area contributed by atoms with Crippen LogP contribution in [0.3, 0.4) is 0 Å². The summed E-state index contributed by atoms with van der Waals surface area (Å²) in [7, 11) is 1.63. The summed E-state index contributed by atoms with van der Waals surface area (Å²) in [5, 5.41) is 6.04. The molecule has 0 fully saturated rings. The zero-order valence-electron chi connectivity index (χ0n) is 13.7. The van der Waals surface area contributed by atoms with Crippen molar-refractivity contribution in [2.75, 3.05) is 12.4 Å². The van der Waals surface area contributed by atoms with E-state index in [1.54, 1.807) is 19.5 Å². The van der Waals surface area contributed by atoms with Gasteiger partial charge in [-0.1, -0.05) is 18.2 Å². The van der Waals surface area contributed by atoms with Gasteiger partial charge < -0.3 is 15.1 Å². The molecule has 0 radical (unpaired) electrons. The number of hydrogen-bond acceptors (Lipinski definition) is 4. The Hall–Kier alpha value is -3.08. The lowest BCUT2D eigenvalue weighted by Crippen LogP contribution is -2.17. The maximum atomic E-state index is 11.6. The maximum absolute atomic E-state index is 11.6. The molecule has 3 aromatic rings. The fraction of sp³-hybridized carbons (Fsp3) is 0.158. The Labute approximate surface area is 140 Å². The van der Waals surface area contributed by atoms with E-state index in [2.05, 4.69) is 22.5 Å². The van der Waals surface area contributed by atoms with E-state index in [9.17, 15) is 4.79 Å². The normalized spacial score (nSPS) is 10.4. The topological polar surface area (TPSA) is 67.2 Å². The second-order valence-corrected chi connectivity index (χ2v) is 5.50. The van der Waals surface area contributed by atoms with Crippen LogP contribution in [0.2, 0.25) is 0 Å². The lowest BCUT2D eigenvalue weighted by molar-refractivity contribution is 0.0963. The van der Waals surface area contributed by atoms with E-state index in [1.165, 1.54) is 0 Å². The predicted molar refractivity (Wildman–Crippen MR) is 93.8 cm³/mol. The number of rotatable bonds is 5. The number of amides is 1. The minimum Gasteiger partial charge on any atom is -0.445 e. The van der Waals surface area contributed by atoms with Crippen molar-refractivity contribution in [2.45, 2.75) is 13.5 Å². The van der Waals surface area contributed by atoms with Gasteiger partial charge in [0, 0.05) is 30.4 Å². The number of nitrogens with zero attached hydrogens (tertiary/aromatic N) is 1. The van der Waals surface area contributed by atoms with Gasteiger partial charge in [0.15, 0.2) is 0 Å². The highest BCUT2D eigenvalue weighted by molar-refractivity contribution is 5.93. The number of benzene rings is 2. The molecule has 2 aromatic carbocycles. The van der Waals surface area contributed by atoms with E-state index in [4.69, 9.17) is 4.42 Å². The van der Waals surface area contributed by atoms with Gasteiger partial charge >= 0.3 is 0 Å². The van der Waals surface area contributed by atoms with Gasteiger partial charge in [-0.2, -0.15) is 0 Å². The molecule has 0 bridgehead atoms. The number of hydrogen-bond donors (Lipinski definition) is 2. The van der Waals surface area contributed by atoms with Crippen LogP contribution in [0, 0.1) is 6.92 Å². The molecule has 2 N–H and O–H groups in total. The number of carbonyl (C=O) groups is 1. The molecule has 0 aliphatic rings. The fourth-order valence-corrected chi connectivity index (χ4v) is 2.43. The molecular weight excluding hydrogens is 302 g/mol. The van der Waals surface area contributed by atoms with Crippen LogP contribution < -0.4 is 10.6 Å². The van der Waals surface area contributed by atoms with E-state index in [1.807, 2.05) is 42.5 Å². The minimum absolute atomic E-state index is 0.0796. The monoisotopic (exact) mass is 321 g/mol. The first-order chi connectivity index (χ1) is 11.7. The van der Waals surface area contributed by atoms with Crippen molar-refractivity contribution < 1.29 is 9.21 Å². The second-order valence-electron chi connectivity index (χ2n) is 5.50. The Kier molecular flexibility index (Phi) is 4.61. The Bertz CT molecular complexity index is 824.